The quantitative estimate of drug-likeness (QED) is 0.179. The second-order valence-corrected chi connectivity index (χ2v) is 6.96. The van der Waals surface area contributed by atoms with Gasteiger partial charge >= 0.3 is 5.97 Å². The minimum Gasteiger partial charge on any atom is -0.481 e. The van der Waals surface area contributed by atoms with Gasteiger partial charge < -0.3 is 19.6 Å². The summed E-state index contributed by atoms with van der Waals surface area (Å²) in [5, 5.41) is 12.0. The van der Waals surface area contributed by atoms with Crippen molar-refractivity contribution in [2.45, 2.75) is 19.3 Å². The highest BCUT2D eigenvalue weighted by atomic mass is 16.5. The molecule has 0 amide bonds. The highest BCUT2D eigenvalue weighted by molar-refractivity contribution is 5.95. The first-order chi connectivity index (χ1) is 15.6. The van der Waals surface area contributed by atoms with Gasteiger partial charge in [0.25, 0.3) is 0 Å². The molecule has 1 aliphatic heterocycles. The molecule has 2 aromatic rings. The lowest BCUT2D eigenvalue weighted by atomic mass is 10.1. The highest BCUT2D eigenvalue weighted by Crippen LogP contribution is 2.17. The van der Waals surface area contributed by atoms with Crippen molar-refractivity contribution in [2.24, 2.45) is 5.11 Å². The minimum atomic E-state index is -0.908. The van der Waals surface area contributed by atoms with E-state index in [-0.39, 0.29) is 25.2 Å². The number of aromatic nitrogens is 4. The zero-order valence-corrected chi connectivity index (χ0v) is 17.4. The average molecular weight is 441 g/mol. The first kappa shape index (κ1) is 22.8. The van der Waals surface area contributed by atoms with Crippen LogP contribution in [0.15, 0.2) is 29.9 Å². The van der Waals surface area contributed by atoms with Crippen LogP contribution in [0.2, 0.25) is 0 Å². The van der Waals surface area contributed by atoms with Crippen LogP contribution in [0, 0.1) is 0 Å². The van der Waals surface area contributed by atoms with Crippen LogP contribution in [0.3, 0.4) is 0 Å². The Labute approximate surface area is 183 Å². The van der Waals surface area contributed by atoms with E-state index in [4.69, 9.17) is 15.4 Å². The fraction of sp³-hybridized carbons (Fsp3) is 0.474. The zero-order valence-electron chi connectivity index (χ0n) is 17.4. The summed E-state index contributed by atoms with van der Waals surface area (Å²) < 4.78 is 5.18. The second kappa shape index (κ2) is 11.5. The number of anilines is 2. The van der Waals surface area contributed by atoms with E-state index in [2.05, 4.69) is 30.0 Å². The van der Waals surface area contributed by atoms with Gasteiger partial charge in [-0.3, -0.25) is 9.59 Å². The van der Waals surface area contributed by atoms with Gasteiger partial charge in [-0.05, 0) is 12.0 Å². The maximum atomic E-state index is 12.2. The second-order valence-electron chi connectivity index (χ2n) is 6.96. The highest BCUT2D eigenvalue weighted by Gasteiger charge is 2.21. The van der Waals surface area contributed by atoms with Crippen molar-refractivity contribution < 1.29 is 19.4 Å². The van der Waals surface area contributed by atoms with Crippen LogP contribution in [0.1, 0.15) is 29.6 Å². The molecule has 0 unspecified atom stereocenters. The Balaban J connectivity index is 1.43. The summed E-state index contributed by atoms with van der Waals surface area (Å²) in [6.07, 6.45) is 6.76. The number of ether oxygens (including phenoxy) is 1. The Morgan fingerprint density at radius 1 is 0.969 bits per heavy atom. The summed E-state index contributed by atoms with van der Waals surface area (Å²) in [5.74, 6) is 0.131. The molecule has 1 N–H and O–H groups in total. The number of azide groups is 1. The van der Waals surface area contributed by atoms with E-state index >= 15 is 0 Å². The molecule has 32 heavy (non-hydrogen) atoms. The molecule has 1 saturated heterocycles. The fourth-order valence-corrected chi connectivity index (χ4v) is 3.06. The van der Waals surface area contributed by atoms with Crippen LogP contribution in [0.4, 0.5) is 17.6 Å². The van der Waals surface area contributed by atoms with E-state index in [1.165, 1.54) is 24.8 Å². The van der Waals surface area contributed by atoms with Gasteiger partial charge in [0.2, 0.25) is 11.9 Å². The molecule has 0 bridgehead atoms. The van der Waals surface area contributed by atoms with Gasteiger partial charge in [-0.2, -0.15) is 0 Å². The average Bonchev–Trinajstić information content (AvgIpc) is 2.82. The normalized spacial score (nSPS) is 13.5. The van der Waals surface area contributed by atoms with Gasteiger partial charge in [0.1, 0.15) is 0 Å². The maximum absolute atomic E-state index is 12.2. The van der Waals surface area contributed by atoms with E-state index in [1.54, 1.807) is 0 Å². The number of carboxylic acid groups (broad SMARTS) is 1. The number of nitrogens with zero attached hydrogens (tertiary/aromatic N) is 9. The lowest BCUT2D eigenvalue weighted by Crippen LogP contribution is -2.47. The third-order valence-electron chi connectivity index (χ3n) is 4.74. The van der Waals surface area contributed by atoms with Crippen LogP contribution in [0.25, 0.3) is 10.4 Å². The maximum Gasteiger partial charge on any atom is 0.305 e. The third kappa shape index (κ3) is 6.59. The van der Waals surface area contributed by atoms with Gasteiger partial charge in [0, 0.05) is 68.9 Å². The Morgan fingerprint density at radius 2 is 1.53 bits per heavy atom. The number of aliphatic carboxylic acids is 1. The van der Waals surface area contributed by atoms with Gasteiger partial charge in [-0.25, -0.2) is 19.9 Å². The molecule has 3 heterocycles. The van der Waals surface area contributed by atoms with Crippen LogP contribution in [0.5, 0.6) is 0 Å². The summed E-state index contributed by atoms with van der Waals surface area (Å²) >= 11 is 0. The van der Waals surface area contributed by atoms with Crippen molar-refractivity contribution in [2.75, 3.05) is 49.2 Å². The molecule has 1 fully saturated rings. The van der Waals surface area contributed by atoms with Crippen molar-refractivity contribution in [1.29, 1.82) is 0 Å². The number of Topliss-reactive ketones (excluding diaryl/α,β-unsaturated/α-hetero) is 1. The Morgan fingerprint density at radius 3 is 2.06 bits per heavy atom. The minimum absolute atomic E-state index is 0.0474. The van der Waals surface area contributed by atoms with Crippen molar-refractivity contribution in [3.8, 4) is 0 Å². The molecule has 13 heteroatoms. The molecule has 2 aromatic heterocycles. The van der Waals surface area contributed by atoms with Crippen molar-refractivity contribution in [1.82, 2.24) is 19.9 Å². The third-order valence-corrected chi connectivity index (χ3v) is 4.74. The molecule has 0 spiro atoms. The Kier molecular flexibility index (Phi) is 8.23. The summed E-state index contributed by atoms with van der Waals surface area (Å²) in [5.41, 5.74) is 9.24. The molecule has 168 valence electrons. The van der Waals surface area contributed by atoms with E-state index in [9.17, 15) is 9.59 Å². The Hall–Kier alpha value is -3.83. The number of carbonyl (C=O) groups is 2. The lowest BCUT2D eigenvalue weighted by Gasteiger charge is -2.34. The summed E-state index contributed by atoms with van der Waals surface area (Å²) in [7, 11) is 0. The predicted molar refractivity (Wildman–Crippen MR) is 114 cm³/mol. The van der Waals surface area contributed by atoms with Crippen LogP contribution in [-0.2, 0) is 9.53 Å². The molecular formula is C19H23N9O4. The van der Waals surface area contributed by atoms with Crippen molar-refractivity contribution in [3.05, 3.63) is 40.8 Å². The smallest absolute Gasteiger partial charge is 0.305 e. The van der Waals surface area contributed by atoms with Crippen LogP contribution >= 0.6 is 0 Å². The number of carboxylic acids is 1. The van der Waals surface area contributed by atoms with Gasteiger partial charge in [-0.1, -0.05) is 5.11 Å². The number of hydrogen-bond acceptors (Lipinski definition) is 10. The molecule has 0 radical (unpaired) electrons. The molecule has 3 rings (SSSR count). The predicted octanol–water partition coefficient (Wildman–Crippen LogP) is 1.99. The summed E-state index contributed by atoms with van der Waals surface area (Å²) in [4.78, 5) is 46.5. The van der Waals surface area contributed by atoms with E-state index in [0.717, 1.165) is 0 Å². The lowest BCUT2D eigenvalue weighted by molar-refractivity contribution is -0.138. The molecule has 0 aromatic carbocycles. The van der Waals surface area contributed by atoms with Crippen molar-refractivity contribution in [3.63, 3.8) is 0 Å². The molecule has 0 atom stereocenters. The molecule has 0 aliphatic carbocycles. The zero-order chi connectivity index (χ0) is 22.8. The number of rotatable bonds is 11. The number of hydrogen-bond donors (Lipinski definition) is 1. The van der Waals surface area contributed by atoms with Gasteiger partial charge in [-0.15, -0.1) is 0 Å². The fourth-order valence-electron chi connectivity index (χ4n) is 3.06. The van der Waals surface area contributed by atoms with E-state index in [0.29, 0.717) is 62.4 Å². The Bertz CT molecular complexity index is 954. The van der Waals surface area contributed by atoms with E-state index in [1.807, 2.05) is 9.80 Å². The number of carbonyl (C=O) groups excluding carboxylic acids is 1. The van der Waals surface area contributed by atoms with Crippen molar-refractivity contribution >= 4 is 29.3 Å². The molecule has 13 nitrogen and oxygen atoms in total. The molecule has 1 aliphatic rings. The van der Waals surface area contributed by atoms with Crippen LogP contribution in [-0.4, -0.2) is 76.2 Å². The van der Waals surface area contributed by atoms with E-state index < -0.39 is 5.97 Å². The summed E-state index contributed by atoms with van der Waals surface area (Å²) in [6.45, 7) is 3.16. The largest absolute Gasteiger partial charge is 0.481 e. The topological polar surface area (TPSA) is 170 Å². The number of piperazine rings is 1. The van der Waals surface area contributed by atoms with Gasteiger partial charge in [0.05, 0.1) is 24.3 Å². The van der Waals surface area contributed by atoms with Gasteiger partial charge in [0.15, 0.2) is 5.78 Å². The molecule has 0 saturated carbocycles. The first-order valence-corrected chi connectivity index (χ1v) is 10.1. The van der Waals surface area contributed by atoms with Crippen LogP contribution < -0.4 is 9.80 Å². The number of ketones is 1. The first-order valence-electron chi connectivity index (χ1n) is 10.1. The summed E-state index contributed by atoms with van der Waals surface area (Å²) in [6, 6.07) is 0. The standard InChI is InChI=1S/C19H23N9O4/c20-26-25-15-12-23-19(24-13-15)28-6-4-27(5-7-28)18-21-10-14(11-22-18)16(29)2-1-8-32-9-3-17(30)31/h10-13H,1-9H2,(H,30,31). The molecular weight excluding hydrogens is 418 g/mol. The monoisotopic (exact) mass is 441 g/mol. The SMILES string of the molecule is [N-]=[N+]=Nc1cnc(N2CCN(c3ncc(C(=O)CCCOCCC(=O)O)cn3)CC2)nc1.